The normalized spacial score (nSPS) is 11.6. The molecule has 2 aromatic carbocycles. The maximum absolute atomic E-state index is 12.8. The Kier molecular flexibility index (Phi) is 5.41. The number of carbonyl (C=O) groups is 2. The van der Waals surface area contributed by atoms with Crippen molar-refractivity contribution in [2.24, 2.45) is 0 Å². The Hall–Kier alpha value is -2.76. The topological polar surface area (TPSA) is 58.2 Å². The third-order valence-corrected chi connectivity index (χ3v) is 3.16. The second-order valence-corrected chi connectivity index (χ2v) is 5.10. The van der Waals surface area contributed by atoms with Crippen molar-refractivity contribution in [3.8, 4) is 0 Å². The molecule has 0 bridgehead atoms. The van der Waals surface area contributed by atoms with Crippen molar-refractivity contribution in [2.45, 2.75) is 13.0 Å². The minimum atomic E-state index is -0.416. The van der Waals surface area contributed by atoms with Crippen LogP contribution < -0.4 is 10.6 Å². The van der Waals surface area contributed by atoms with Crippen LogP contribution >= 0.6 is 0 Å². The maximum Gasteiger partial charge on any atom is 0.251 e. The van der Waals surface area contributed by atoms with E-state index in [1.807, 2.05) is 0 Å². The molecule has 0 unspecified atom stereocenters. The molecular weight excluding hydrogens is 302 g/mol. The van der Waals surface area contributed by atoms with Crippen molar-refractivity contribution in [1.29, 1.82) is 0 Å². The van der Waals surface area contributed by atoms with Crippen LogP contribution in [0.5, 0.6) is 0 Å². The summed E-state index contributed by atoms with van der Waals surface area (Å²) in [6, 6.07) is 10.0. The van der Waals surface area contributed by atoms with Crippen molar-refractivity contribution >= 4 is 11.8 Å². The molecule has 0 aromatic heterocycles. The van der Waals surface area contributed by atoms with Gasteiger partial charge in [-0.05, 0) is 55.5 Å². The van der Waals surface area contributed by atoms with Crippen LogP contribution in [0.25, 0.3) is 0 Å². The van der Waals surface area contributed by atoms with E-state index in [9.17, 15) is 18.4 Å². The zero-order valence-corrected chi connectivity index (χ0v) is 12.5. The number of rotatable bonds is 5. The van der Waals surface area contributed by atoms with Gasteiger partial charge in [-0.15, -0.1) is 0 Å². The van der Waals surface area contributed by atoms with Gasteiger partial charge in [-0.25, -0.2) is 8.78 Å². The van der Waals surface area contributed by atoms with Crippen LogP contribution in [0.3, 0.4) is 0 Å². The molecule has 0 fully saturated rings. The molecule has 0 saturated carbocycles. The maximum atomic E-state index is 12.8. The van der Waals surface area contributed by atoms with E-state index in [-0.39, 0.29) is 24.4 Å². The predicted octanol–water partition coefficient (Wildman–Crippen LogP) is 2.51. The molecule has 23 heavy (non-hydrogen) atoms. The fourth-order valence-corrected chi connectivity index (χ4v) is 1.91. The van der Waals surface area contributed by atoms with Gasteiger partial charge in [-0.1, -0.05) is 0 Å². The van der Waals surface area contributed by atoms with E-state index < -0.39 is 11.6 Å². The summed E-state index contributed by atoms with van der Waals surface area (Å²) in [6.07, 6.45) is 0. The standard InChI is InChI=1S/C17H16F2N2O2/c1-11(21-17(23)13-4-8-15(19)9-5-13)10-20-16(22)12-2-6-14(18)7-3-12/h2-9,11H,10H2,1H3,(H,20,22)(H,21,23)/t11-/m1/s1. The molecule has 2 rings (SSSR count). The highest BCUT2D eigenvalue weighted by Crippen LogP contribution is 2.04. The first-order valence-corrected chi connectivity index (χ1v) is 7.06. The highest BCUT2D eigenvalue weighted by molar-refractivity contribution is 5.95. The minimum absolute atomic E-state index is 0.211. The van der Waals surface area contributed by atoms with E-state index in [1.54, 1.807) is 6.92 Å². The lowest BCUT2D eigenvalue weighted by molar-refractivity contribution is 0.0912. The fourth-order valence-electron chi connectivity index (χ4n) is 1.91. The molecule has 2 N–H and O–H groups in total. The molecule has 0 saturated heterocycles. The Morgan fingerprint density at radius 1 is 0.870 bits per heavy atom. The third kappa shape index (κ3) is 4.88. The number of halogens is 2. The zero-order chi connectivity index (χ0) is 16.8. The summed E-state index contributed by atoms with van der Waals surface area (Å²) in [5.74, 6) is -1.54. The summed E-state index contributed by atoms with van der Waals surface area (Å²) in [5, 5.41) is 5.34. The van der Waals surface area contributed by atoms with E-state index in [0.717, 1.165) is 0 Å². The average molecular weight is 318 g/mol. The molecular formula is C17H16F2N2O2. The van der Waals surface area contributed by atoms with Crippen molar-refractivity contribution in [2.75, 3.05) is 6.54 Å². The van der Waals surface area contributed by atoms with E-state index in [2.05, 4.69) is 10.6 Å². The Balaban J connectivity index is 1.83. The van der Waals surface area contributed by atoms with Crippen LogP contribution in [0.1, 0.15) is 27.6 Å². The summed E-state index contributed by atoms with van der Waals surface area (Å²) in [6.45, 7) is 1.94. The number of carbonyl (C=O) groups excluding carboxylic acids is 2. The van der Waals surface area contributed by atoms with Crippen molar-refractivity contribution in [3.63, 3.8) is 0 Å². The molecule has 0 spiro atoms. The smallest absolute Gasteiger partial charge is 0.251 e. The summed E-state index contributed by atoms with van der Waals surface area (Å²) in [5.41, 5.74) is 0.673. The summed E-state index contributed by atoms with van der Waals surface area (Å²) in [7, 11) is 0. The number of benzene rings is 2. The molecule has 0 radical (unpaired) electrons. The average Bonchev–Trinajstić information content (AvgIpc) is 2.54. The Labute approximate surface area is 132 Å². The number of amides is 2. The van der Waals surface area contributed by atoms with Crippen LogP contribution in [0, 0.1) is 11.6 Å². The van der Waals surface area contributed by atoms with Gasteiger partial charge in [0.25, 0.3) is 11.8 Å². The van der Waals surface area contributed by atoms with Gasteiger partial charge in [-0.3, -0.25) is 9.59 Å². The van der Waals surface area contributed by atoms with Gasteiger partial charge >= 0.3 is 0 Å². The number of hydrogen-bond acceptors (Lipinski definition) is 2. The van der Waals surface area contributed by atoms with Gasteiger partial charge in [0.2, 0.25) is 0 Å². The third-order valence-electron chi connectivity index (χ3n) is 3.16. The fraction of sp³-hybridized carbons (Fsp3) is 0.176. The van der Waals surface area contributed by atoms with Crippen LogP contribution in [-0.2, 0) is 0 Å². The van der Waals surface area contributed by atoms with Gasteiger partial charge < -0.3 is 10.6 Å². The van der Waals surface area contributed by atoms with Crippen LogP contribution in [0.4, 0.5) is 8.78 Å². The molecule has 0 aliphatic rings. The summed E-state index contributed by atoms with van der Waals surface area (Å²) in [4.78, 5) is 23.8. The van der Waals surface area contributed by atoms with E-state index in [0.29, 0.717) is 11.1 Å². The van der Waals surface area contributed by atoms with Gasteiger partial charge in [0, 0.05) is 23.7 Å². The molecule has 2 amide bonds. The second-order valence-electron chi connectivity index (χ2n) is 5.10. The zero-order valence-electron chi connectivity index (χ0n) is 12.5. The lowest BCUT2D eigenvalue weighted by Gasteiger charge is -2.15. The highest BCUT2D eigenvalue weighted by Gasteiger charge is 2.12. The first kappa shape index (κ1) is 16.6. The number of nitrogens with one attached hydrogen (secondary N) is 2. The van der Waals surface area contributed by atoms with Crippen molar-refractivity contribution in [3.05, 3.63) is 71.3 Å². The van der Waals surface area contributed by atoms with Crippen LogP contribution in [0.2, 0.25) is 0 Å². The largest absolute Gasteiger partial charge is 0.350 e. The second kappa shape index (κ2) is 7.49. The molecule has 1 atom stereocenters. The lowest BCUT2D eigenvalue weighted by atomic mass is 10.2. The molecule has 6 heteroatoms. The monoisotopic (exact) mass is 318 g/mol. The molecule has 120 valence electrons. The SMILES string of the molecule is C[C@H](CNC(=O)c1ccc(F)cc1)NC(=O)c1ccc(F)cc1. The first-order valence-electron chi connectivity index (χ1n) is 7.06. The van der Waals surface area contributed by atoms with E-state index in [4.69, 9.17) is 0 Å². The summed E-state index contributed by atoms with van der Waals surface area (Å²) < 4.78 is 25.6. The van der Waals surface area contributed by atoms with Crippen LogP contribution in [0.15, 0.2) is 48.5 Å². The van der Waals surface area contributed by atoms with Crippen LogP contribution in [-0.4, -0.2) is 24.4 Å². The summed E-state index contributed by atoms with van der Waals surface area (Å²) >= 11 is 0. The van der Waals surface area contributed by atoms with Crippen molar-refractivity contribution < 1.29 is 18.4 Å². The quantitative estimate of drug-likeness (QED) is 0.890. The first-order chi connectivity index (χ1) is 11.0. The van der Waals surface area contributed by atoms with Gasteiger partial charge in [0.1, 0.15) is 11.6 Å². The van der Waals surface area contributed by atoms with Gasteiger partial charge in [-0.2, -0.15) is 0 Å². The van der Waals surface area contributed by atoms with E-state index in [1.165, 1.54) is 48.5 Å². The molecule has 0 aliphatic heterocycles. The number of hydrogen-bond donors (Lipinski definition) is 2. The van der Waals surface area contributed by atoms with E-state index >= 15 is 0 Å². The minimum Gasteiger partial charge on any atom is -0.350 e. The van der Waals surface area contributed by atoms with Crippen molar-refractivity contribution in [1.82, 2.24) is 10.6 Å². The van der Waals surface area contributed by atoms with Gasteiger partial charge in [0.15, 0.2) is 0 Å². The van der Waals surface area contributed by atoms with Gasteiger partial charge in [0.05, 0.1) is 0 Å². The molecule has 0 aliphatic carbocycles. The predicted molar refractivity (Wildman–Crippen MR) is 82.1 cm³/mol. The molecule has 4 nitrogen and oxygen atoms in total. The molecule has 0 heterocycles. The lowest BCUT2D eigenvalue weighted by Crippen LogP contribution is -2.41. The Bertz CT molecular complexity index is 685. The Morgan fingerprint density at radius 2 is 1.30 bits per heavy atom. The highest BCUT2D eigenvalue weighted by atomic mass is 19.1. The Morgan fingerprint density at radius 3 is 1.78 bits per heavy atom. The molecule has 2 aromatic rings.